The second kappa shape index (κ2) is 24.6. The fourth-order valence-corrected chi connectivity index (χ4v) is 7.58. The highest BCUT2D eigenvalue weighted by atomic mass is 35.5. The molecule has 0 bridgehead atoms. The molecule has 4 aromatic carbocycles. The quantitative estimate of drug-likeness (QED) is 0.0553. The summed E-state index contributed by atoms with van der Waals surface area (Å²) in [6.45, 7) is 2.01. The number of hydrogen-bond acceptors (Lipinski definition) is 7. The standard InChI is InChI=1S/C16H14Cl2N4S.C12H12Cl2N4S.C12H12FN3S2/c17-11-7-10(8-12(18)9-11)5-6-19-16(23)22-15-20-13-3-1-2-4-14(13)21-15;13-9-5-8(6-10(14)7-9)1-2-17-12(19)18-11-15-3-4-16-11;13-10-3-1-2-9(8-10)4-5-14-11(17)16-12-15-6-7-18-12/h1-4,7-9H,5-6H2,(H3,19,20,21,22,23);3-7H,1-2H2,(H3,15,16,17,18,19);1-3,6-8H,4-5H2,(H2,14,15,16,17). The average Bonchev–Trinajstić information content (AvgIpc) is 3.98. The van der Waals surface area contributed by atoms with Crippen molar-refractivity contribution in [3.63, 3.8) is 0 Å². The maximum atomic E-state index is 12.9. The van der Waals surface area contributed by atoms with E-state index in [9.17, 15) is 4.39 Å². The van der Waals surface area contributed by atoms with Crippen LogP contribution in [-0.4, -0.2) is 59.9 Å². The van der Waals surface area contributed by atoms with E-state index in [0.29, 0.717) is 67.0 Å². The van der Waals surface area contributed by atoms with E-state index in [0.717, 1.165) is 52.1 Å². The zero-order chi connectivity index (χ0) is 42.7. The lowest BCUT2D eigenvalue weighted by Gasteiger charge is -2.09. The number of para-hydroxylation sites is 2. The van der Waals surface area contributed by atoms with Crippen molar-refractivity contribution in [3.8, 4) is 0 Å². The van der Waals surface area contributed by atoms with E-state index in [1.807, 2.05) is 60.0 Å². The van der Waals surface area contributed by atoms with Gasteiger partial charge in [-0.1, -0.05) is 70.7 Å². The lowest BCUT2D eigenvalue weighted by atomic mass is 10.1. The fraction of sp³-hybridized carbons (Fsp3) is 0.150. The maximum absolute atomic E-state index is 12.9. The van der Waals surface area contributed by atoms with Gasteiger partial charge in [-0.3, -0.25) is 0 Å². The van der Waals surface area contributed by atoms with Crippen LogP contribution in [0.1, 0.15) is 16.7 Å². The van der Waals surface area contributed by atoms with Crippen molar-refractivity contribution < 1.29 is 4.39 Å². The first-order valence-corrected chi connectivity index (χ1v) is 21.7. The Labute approximate surface area is 386 Å². The summed E-state index contributed by atoms with van der Waals surface area (Å²) in [6.07, 6.45) is 7.35. The minimum Gasteiger partial charge on any atom is -0.362 e. The van der Waals surface area contributed by atoms with Gasteiger partial charge in [0.05, 0.1) is 11.0 Å². The van der Waals surface area contributed by atoms with E-state index in [1.54, 1.807) is 36.8 Å². The molecule has 7 rings (SSSR count). The minimum atomic E-state index is -0.212. The molecule has 60 heavy (non-hydrogen) atoms. The number of H-pyrrole nitrogens is 2. The number of rotatable bonds is 12. The van der Waals surface area contributed by atoms with Crippen molar-refractivity contribution in [2.45, 2.75) is 19.3 Å². The zero-order valence-corrected chi connectivity index (χ0v) is 37.8. The summed E-state index contributed by atoms with van der Waals surface area (Å²) in [5.41, 5.74) is 4.92. The van der Waals surface area contributed by atoms with Gasteiger partial charge in [0.1, 0.15) is 5.82 Å². The molecule has 0 aliphatic carbocycles. The van der Waals surface area contributed by atoms with Crippen LogP contribution in [0.25, 0.3) is 11.0 Å². The number of anilines is 3. The maximum Gasteiger partial charge on any atom is 0.207 e. The lowest BCUT2D eigenvalue weighted by molar-refractivity contribution is 0.625. The molecule has 312 valence electrons. The molecule has 0 amide bonds. The summed E-state index contributed by atoms with van der Waals surface area (Å²) in [7, 11) is 0. The second-order valence-electron chi connectivity index (χ2n) is 12.5. The van der Waals surface area contributed by atoms with E-state index in [-0.39, 0.29) is 5.82 Å². The normalized spacial score (nSPS) is 10.3. The van der Waals surface area contributed by atoms with Crippen molar-refractivity contribution in [3.05, 3.63) is 151 Å². The van der Waals surface area contributed by atoms with E-state index in [4.69, 9.17) is 83.1 Å². The van der Waals surface area contributed by atoms with Gasteiger partial charge in [-0.2, -0.15) is 0 Å². The Morgan fingerprint density at radius 1 is 0.617 bits per heavy atom. The van der Waals surface area contributed by atoms with Crippen molar-refractivity contribution >= 4 is 138 Å². The number of nitrogens with one attached hydrogen (secondary N) is 8. The number of hydrogen-bond donors (Lipinski definition) is 8. The Kier molecular flexibility index (Phi) is 19.0. The summed E-state index contributed by atoms with van der Waals surface area (Å²) in [4.78, 5) is 18.6. The van der Waals surface area contributed by atoms with Gasteiger partial charge in [-0.05, 0) is 133 Å². The second-order valence-corrected chi connectivity index (χ2v) is 16.3. The van der Waals surface area contributed by atoms with Gasteiger partial charge in [-0.25, -0.2) is 19.3 Å². The van der Waals surface area contributed by atoms with Crippen LogP contribution in [-0.2, 0) is 19.3 Å². The molecule has 7 aromatic rings. The molecular weight excluding hydrogens is 924 g/mol. The number of benzene rings is 4. The molecule has 11 nitrogen and oxygen atoms in total. The van der Waals surface area contributed by atoms with Crippen molar-refractivity contribution in [2.24, 2.45) is 0 Å². The molecule has 0 unspecified atom stereocenters. The molecule has 0 aliphatic rings. The van der Waals surface area contributed by atoms with E-state index in [2.05, 4.69) is 56.8 Å². The highest BCUT2D eigenvalue weighted by molar-refractivity contribution is 7.80. The van der Waals surface area contributed by atoms with E-state index in [1.165, 1.54) is 23.5 Å². The highest BCUT2D eigenvalue weighted by Gasteiger charge is 2.06. The Morgan fingerprint density at radius 2 is 1.18 bits per heavy atom. The van der Waals surface area contributed by atoms with Gasteiger partial charge >= 0.3 is 0 Å². The average molecular weight is 962 g/mol. The van der Waals surface area contributed by atoms with Crippen LogP contribution in [0.4, 0.5) is 21.4 Å². The van der Waals surface area contributed by atoms with Gasteiger partial charge in [0, 0.05) is 63.7 Å². The summed E-state index contributed by atoms with van der Waals surface area (Å²) in [6, 6.07) is 25.4. The van der Waals surface area contributed by atoms with Gasteiger partial charge < -0.3 is 41.9 Å². The Hall–Kier alpha value is -4.65. The molecule has 0 saturated carbocycles. The molecule has 0 radical (unpaired) electrons. The molecule has 0 aliphatic heterocycles. The number of imidazole rings is 2. The molecule has 3 aromatic heterocycles. The number of halogens is 5. The van der Waals surface area contributed by atoms with Crippen LogP contribution in [0.3, 0.4) is 0 Å². The Morgan fingerprint density at radius 3 is 1.72 bits per heavy atom. The number of thiazole rings is 1. The monoisotopic (exact) mass is 959 g/mol. The Bertz CT molecular complexity index is 2380. The van der Waals surface area contributed by atoms with Gasteiger partial charge in [0.2, 0.25) is 11.9 Å². The first-order valence-electron chi connectivity index (χ1n) is 18.1. The van der Waals surface area contributed by atoms with Gasteiger partial charge in [0.25, 0.3) is 0 Å². The summed E-state index contributed by atoms with van der Waals surface area (Å²) < 4.78 is 12.9. The predicted molar refractivity (Wildman–Crippen MR) is 260 cm³/mol. The highest BCUT2D eigenvalue weighted by Crippen LogP contribution is 2.20. The number of aromatic amines is 2. The lowest BCUT2D eigenvalue weighted by Crippen LogP contribution is -2.30. The minimum absolute atomic E-state index is 0.212. The van der Waals surface area contributed by atoms with E-state index < -0.39 is 0 Å². The summed E-state index contributed by atoms with van der Waals surface area (Å²) >= 11 is 40.8. The molecule has 3 heterocycles. The van der Waals surface area contributed by atoms with Gasteiger partial charge in [-0.15, -0.1) is 11.3 Å². The van der Waals surface area contributed by atoms with Crippen LogP contribution in [0.15, 0.2) is 109 Å². The first-order chi connectivity index (χ1) is 29.0. The number of fused-ring (bicyclic) bond motifs is 1. The Balaban J connectivity index is 0.000000172. The SMILES string of the molecule is Fc1cccc(CCNC(=S)Nc2nccs2)c1.S=C(NCCc1cc(Cl)cc(Cl)c1)Nc1nc2ccccc2[nH]1.S=C(NCCc1cc(Cl)cc(Cl)c1)Nc1ncc[nH]1. The molecular formula is C40H38Cl4FN11S4. The van der Waals surface area contributed by atoms with Crippen molar-refractivity contribution in [2.75, 3.05) is 35.6 Å². The predicted octanol–water partition coefficient (Wildman–Crippen LogP) is 10.5. The topological polar surface area (TPSA) is 142 Å². The third-order valence-corrected chi connectivity index (χ3v) is 10.1. The van der Waals surface area contributed by atoms with Crippen LogP contribution < -0.4 is 31.9 Å². The fourth-order valence-electron chi connectivity index (χ4n) is 5.24. The number of aromatic nitrogens is 5. The smallest absolute Gasteiger partial charge is 0.207 e. The van der Waals surface area contributed by atoms with Crippen molar-refractivity contribution in [1.29, 1.82) is 0 Å². The molecule has 0 saturated heterocycles. The molecule has 0 atom stereocenters. The molecule has 0 fully saturated rings. The molecule has 8 N–H and O–H groups in total. The van der Waals surface area contributed by atoms with Gasteiger partial charge in [0.15, 0.2) is 20.5 Å². The third-order valence-electron chi connectivity index (χ3n) is 7.84. The van der Waals surface area contributed by atoms with Crippen molar-refractivity contribution in [1.82, 2.24) is 40.9 Å². The van der Waals surface area contributed by atoms with Crippen LogP contribution >= 0.6 is 94.4 Å². The molecule has 0 spiro atoms. The molecule has 20 heteroatoms. The van der Waals surface area contributed by atoms with Crippen LogP contribution in [0.5, 0.6) is 0 Å². The summed E-state index contributed by atoms with van der Waals surface area (Å²) in [5.74, 6) is 1.02. The van der Waals surface area contributed by atoms with Crippen LogP contribution in [0.2, 0.25) is 20.1 Å². The van der Waals surface area contributed by atoms with E-state index >= 15 is 0 Å². The zero-order valence-electron chi connectivity index (χ0n) is 31.5. The largest absolute Gasteiger partial charge is 0.362 e. The summed E-state index contributed by atoms with van der Waals surface area (Å²) in [5, 5.41) is 25.0. The third kappa shape index (κ3) is 17.1. The van der Waals surface area contributed by atoms with Crippen LogP contribution in [0, 0.1) is 5.82 Å². The first kappa shape index (κ1) is 46.4. The number of nitrogens with zero attached hydrogens (tertiary/aromatic N) is 3. The number of thiocarbonyl (C=S) groups is 3.